The van der Waals surface area contributed by atoms with Crippen LogP contribution in [0.5, 0.6) is 0 Å². The number of hydrogen-bond donors (Lipinski definition) is 0. The molecule has 2 fully saturated rings. The maximum absolute atomic E-state index is 13.4. The summed E-state index contributed by atoms with van der Waals surface area (Å²) in [5.41, 5.74) is 0.959. The second kappa shape index (κ2) is 9.08. The topological polar surface area (TPSA) is 139 Å². The number of sulfonamides is 1. The Labute approximate surface area is 190 Å². The quantitative estimate of drug-likeness (QED) is 0.457. The number of nitro groups is 1. The summed E-state index contributed by atoms with van der Waals surface area (Å²) in [6, 6.07) is 4.27. The lowest BCUT2D eigenvalue weighted by Crippen LogP contribution is -2.51. The Morgan fingerprint density at radius 2 is 1.76 bits per heavy atom. The monoisotopic (exact) mass is 479 g/mol. The summed E-state index contributed by atoms with van der Waals surface area (Å²) in [7, 11) is -3.81. The van der Waals surface area contributed by atoms with E-state index in [1.165, 1.54) is 21.3 Å². The van der Waals surface area contributed by atoms with Crippen LogP contribution < -0.4 is 4.90 Å². The SMILES string of the molecule is Cc1noc(C)c1S(=O)(=O)N1CCN(C(=O)c2cc([N+](=O)[O-])ccc2N2CCOCC2)CC1. The van der Waals surface area contributed by atoms with Gasteiger partial charge in [0.05, 0.1) is 29.4 Å². The number of ether oxygens (including phenoxy) is 1. The number of morpholine rings is 1. The van der Waals surface area contributed by atoms with Crippen molar-refractivity contribution < 1.29 is 27.4 Å². The van der Waals surface area contributed by atoms with Gasteiger partial charge in [0.2, 0.25) is 10.0 Å². The normalized spacial score (nSPS) is 17.9. The van der Waals surface area contributed by atoms with Crippen LogP contribution >= 0.6 is 0 Å². The van der Waals surface area contributed by atoms with Gasteiger partial charge < -0.3 is 19.1 Å². The van der Waals surface area contributed by atoms with Gasteiger partial charge in [-0.25, -0.2) is 8.42 Å². The van der Waals surface area contributed by atoms with Crippen LogP contribution in [-0.2, 0) is 14.8 Å². The van der Waals surface area contributed by atoms with Crippen molar-refractivity contribution in [2.45, 2.75) is 18.7 Å². The summed E-state index contributed by atoms with van der Waals surface area (Å²) < 4.78 is 37.8. The Morgan fingerprint density at radius 1 is 1.09 bits per heavy atom. The highest BCUT2D eigenvalue weighted by Crippen LogP contribution is 2.29. The van der Waals surface area contributed by atoms with Gasteiger partial charge in [-0.3, -0.25) is 14.9 Å². The van der Waals surface area contributed by atoms with Crippen molar-refractivity contribution in [1.82, 2.24) is 14.4 Å². The number of anilines is 1. The summed E-state index contributed by atoms with van der Waals surface area (Å²) in [5.74, 6) is -0.146. The first-order valence-electron chi connectivity index (χ1n) is 10.5. The third-order valence-corrected chi connectivity index (χ3v) is 8.01. The fourth-order valence-electron chi connectivity index (χ4n) is 4.16. The molecule has 0 atom stereocenters. The summed E-state index contributed by atoms with van der Waals surface area (Å²) in [4.78, 5) is 27.7. The van der Waals surface area contributed by atoms with Crippen molar-refractivity contribution in [2.24, 2.45) is 0 Å². The third kappa shape index (κ3) is 4.43. The summed E-state index contributed by atoms with van der Waals surface area (Å²) >= 11 is 0. The molecular weight excluding hydrogens is 454 g/mol. The minimum Gasteiger partial charge on any atom is -0.378 e. The lowest BCUT2D eigenvalue weighted by Gasteiger charge is -2.35. The molecule has 4 rings (SSSR count). The maximum Gasteiger partial charge on any atom is 0.270 e. The van der Waals surface area contributed by atoms with Gasteiger partial charge in [-0.15, -0.1) is 0 Å². The van der Waals surface area contributed by atoms with E-state index in [0.717, 1.165) is 0 Å². The molecule has 2 aliphatic rings. The van der Waals surface area contributed by atoms with Crippen LogP contribution in [0.4, 0.5) is 11.4 Å². The number of aromatic nitrogens is 1. The average molecular weight is 480 g/mol. The lowest BCUT2D eigenvalue weighted by molar-refractivity contribution is -0.384. The molecular formula is C20H25N5O7S. The summed E-state index contributed by atoms with van der Waals surface area (Å²) in [6.45, 7) is 5.77. The molecule has 2 aromatic rings. The highest BCUT2D eigenvalue weighted by molar-refractivity contribution is 7.89. The minimum atomic E-state index is -3.81. The largest absolute Gasteiger partial charge is 0.378 e. The molecule has 33 heavy (non-hydrogen) atoms. The van der Waals surface area contributed by atoms with E-state index in [2.05, 4.69) is 5.16 Å². The first kappa shape index (κ1) is 23.1. The zero-order valence-corrected chi connectivity index (χ0v) is 19.2. The van der Waals surface area contributed by atoms with E-state index in [0.29, 0.717) is 32.0 Å². The second-order valence-electron chi connectivity index (χ2n) is 7.91. The molecule has 1 aromatic heterocycles. The number of nitro benzene ring substituents is 1. The molecule has 2 aliphatic heterocycles. The van der Waals surface area contributed by atoms with Crippen molar-refractivity contribution in [3.05, 3.63) is 45.3 Å². The predicted molar refractivity (Wildman–Crippen MR) is 117 cm³/mol. The standard InChI is InChI=1S/C20H25N5O7S/c1-14-19(15(2)32-21-14)33(29,30)24-7-5-23(6-8-24)20(26)17-13-16(25(27)28)3-4-18(17)22-9-11-31-12-10-22/h3-4,13H,5-12H2,1-2H3. The summed E-state index contributed by atoms with van der Waals surface area (Å²) in [6.07, 6.45) is 0. The highest BCUT2D eigenvalue weighted by atomic mass is 32.2. The van der Waals surface area contributed by atoms with E-state index in [1.807, 2.05) is 4.90 Å². The molecule has 0 saturated carbocycles. The van der Waals surface area contributed by atoms with E-state index < -0.39 is 14.9 Å². The Bertz CT molecular complexity index is 1150. The average Bonchev–Trinajstić information content (AvgIpc) is 3.17. The minimum absolute atomic E-state index is 0.0514. The summed E-state index contributed by atoms with van der Waals surface area (Å²) in [5, 5.41) is 15.0. The smallest absolute Gasteiger partial charge is 0.270 e. The van der Waals surface area contributed by atoms with Gasteiger partial charge in [0, 0.05) is 51.4 Å². The van der Waals surface area contributed by atoms with Crippen LogP contribution in [-0.4, -0.2) is 86.1 Å². The molecule has 12 nitrogen and oxygen atoms in total. The van der Waals surface area contributed by atoms with Crippen molar-refractivity contribution in [3.63, 3.8) is 0 Å². The molecule has 1 aromatic carbocycles. The first-order chi connectivity index (χ1) is 15.7. The molecule has 0 unspecified atom stereocenters. The number of amides is 1. The van der Waals surface area contributed by atoms with Gasteiger partial charge in [-0.05, 0) is 19.9 Å². The fourth-order valence-corrected chi connectivity index (χ4v) is 5.88. The fraction of sp³-hybridized carbons (Fsp3) is 0.500. The molecule has 1 amide bonds. The maximum atomic E-state index is 13.4. The van der Waals surface area contributed by atoms with Gasteiger partial charge in [-0.2, -0.15) is 4.31 Å². The lowest BCUT2D eigenvalue weighted by atomic mass is 10.1. The van der Waals surface area contributed by atoms with Gasteiger partial charge >= 0.3 is 0 Å². The van der Waals surface area contributed by atoms with Gasteiger partial charge in [-0.1, -0.05) is 5.16 Å². The Hall–Kier alpha value is -3.03. The number of aryl methyl sites for hydroxylation is 2. The predicted octanol–water partition coefficient (Wildman–Crippen LogP) is 1.18. The highest BCUT2D eigenvalue weighted by Gasteiger charge is 2.35. The number of carbonyl (C=O) groups is 1. The van der Waals surface area contributed by atoms with E-state index in [-0.39, 0.29) is 59.7 Å². The third-order valence-electron chi connectivity index (χ3n) is 5.86. The van der Waals surface area contributed by atoms with Crippen LogP contribution in [0.3, 0.4) is 0 Å². The van der Waals surface area contributed by atoms with Crippen molar-refractivity contribution in [2.75, 3.05) is 57.4 Å². The number of rotatable bonds is 5. The Kier molecular flexibility index (Phi) is 6.36. The number of carbonyl (C=O) groups excluding carboxylic acids is 1. The molecule has 0 bridgehead atoms. The van der Waals surface area contributed by atoms with Crippen LogP contribution in [0.25, 0.3) is 0 Å². The van der Waals surface area contributed by atoms with Gasteiger partial charge in [0.25, 0.3) is 11.6 Å². The Balaban J connectivity index is 1.55. The number of benzene rings is 1. The molecule has 0 aliphatic carbocycles. The zero-order valence-electron chi connectivity index (χ0n) is 18.4. The molecule has 0 radical (unpaired) electrons. The van der Waals surface area contributed by atoms with E-state index in [4.69, 9.17) is 9.26 Å². The van der Waals surface area contributed by atoms with Gasteiger partial charge in [0.15, 0.2) is 5.76 Å². The van der Waals surface area contributed by atoms with Crippen molar-refractivity contribution >= 4 is 27.3 Å². The van der Waals surface area contributed by atoms with Gasteiger partial charge in [0.1, 0.15) is 10.6 Å². The van der Waals surface area contributed by atoms with E-state index in [1.54, 1.807) is 19.9 Å². The molecule has 13 heteroatoms. The molecule has 2 saturated heterocycles. The van der Waals surface area contributed by atoms with Crippen LogP contribution in [0, 0.1) is 24.0 Å². The number of nitrogens with zero attached hydrogens (tertiary/aromatic N) is 5. The van der Waals surface area contributed by atoms with E-state index in [9.17, 15) is 23.3 Å². The number of hydrogen-bond acceptors (Lipinski definition) is 9. The molecule has 178 valence electrons. The van der Waals surface area contributed by atoms with Crippen molar-refractivity contribution in [3.8, 4) is 0 Å². The number of non-ortho nitro benzene ring substituents is 1. The Morgan fingerprint density at radius 3 is 2.33 bits per heavy atom. The molecule has 0 spiro atoms. The number of piperazine rings is 1. The van der Waals surface area contributed by atoms with Crippen LogP contribution in [0.2, 0.25) is 0 Å². The molecule has 3 heterocycles. The zero-order chi connectivity index (χ0) is 23.8. The van der Waals surface area contributed by atoms with Crippen LogP contribution in [0.1, 0.15) is 21.8 Å². The molecule has 0 N–H and O–H groups in total. The van der Waals surface area contributed by atoms with E-state index >= 15 is 0 Å². The first-order valence-corrected chi connectivity index (χ1v) is 12.0. The van der Waals surface area contributed by atoms with Crippen LogP contribution in [0.15, 0.2) is 27.6 Å². The van der Waals surface area contributed by atoms with Crippen molar-refractivity contribution in [1.29, 1.82) is 0 Å². The second-order valence-corrected chi connectivity index (χ2v) is 9.78.